The summed E-state index contributed by atoms with van der Waals surface area (Å²) in [5.74, 6) is 0.950. The molecule has 0 amide bonds. The zero-order valence-electron chi connectivity index (χ0n) is 12.3. The van der Waals surface area contributed by atoms with Crippen molar-refractivity contribution in [2.45, 2.75) is 40.2 Å². The van der Waals surface area contributed by atoms with Gasteiger partial charge in [-0.15, -0.1) is 0 Å². The van der Waals surface area contributed by atoms with Crippen LogP contribution < -0.4 is 10.1 Å². The fraction of sp³-hybridized carbons (Fsp3) is 0.500. The highest BCUT2D eigenvalue weighted by molar-refractivity contribution is 5.86. The van der Waals surface area contributed by atoms with Crippen LogP contribution in [0.3, 0.4) is 0 Å². The number of nitrogens with one attached hydrogen (secondary N) is 2. The molecule has 1 aromatic heterocycles. The Balaban J connectivity index is 2.30. The average molecular weight is 260 g/mol. The van der Waals surface area contributed by atoms with E-state index in [1.165, 1.54) is 22.2 Å². The Labute approximate surface area is 115 Å². The Hall–Kier alpha value is -1.48. The molecule has 104 valence electrons. The predicted octanol–water partition coefficient (Wildman–Crippen LogP) is 3.42. The molecule has 0 aliphatic carbocycles. The normalized spacial score (nSPS) is 11.4. The fourth-order valence-corrected chi connectivity index (χ4v) is 2.42. The second-order valence-electron chi connectivity index (χ2n) is 5.21. The first-order chi connectivity index (χ1) is 9.11. The van der Waals surface area contributed by atoms with Gasteiger partial charge in [-0.25, -0.2) is 0 Å². The van der Waals surface area contributed by atoms with Gasteiger partial charge < -0.3 is 15.0 Å². The molecule has 3 nitrogen and oxygen atoms in total. The van der Waals surface area contributed by atoms with Crippen LogP contribution in [-0.4, -0.2) is 24.2 Å². The molecular weight excluding hydrogens is 236 g/mol. The van der Waals surface area contributed by atoms with E-state index in [0.29, 0.717) is 0 Å². The SMILES string of the molecule is CCNCCc1c(C)[nH]c2ccc(OC(C)C)cc12. The Kier molecular flexibility index (Phi) is 4.48. The van der Waals surface area contributed by atoms with E-state index < -0.39 is 0 Å². The van der Waals surface area contributed by atoms with E-state index in [9.17, 15) is 0 Å². The highest BCUT2D eigenvalue weighted by atomic mass is 16.5. The highest BCUT2D eigenvalue weighted by Crippen LogP contribution is 2.27. The third-order valence-electron chi connectivity index (χ3n) is 3.26. The number of hydrogen-bond acceptors (Lipinski definition) is 2. The third-order valence-corrected chi connectivity index (χ3v) is 3.26. The smallest absolute Gasteiger partial charge is 0.120 e. The molecule has 0 aliphatic heterocycles. The van der Waals surface area contributed by atoms with Crippen molar-refractivity contribution in [3.8, 4) is 5.75 Å². The lowest BCUT2D eigenvalue weighted by Gasteiger charge is -2.10. The number of fused-ring (bicyclic) bond motifs is 1. The summed E-state index contributed by atoms with van der Waals surface area (Å²) in [6.07, 6.45) is 1.26. The maximum absolute atomic E-state index is 5.78. The van der Waals surface area contributed by atoms with E-state index in [0.717, 1.165) is 25.3 Å². The summed E-state index contributed by atoms with van der Waals surface area (Å²) in [7, 11) is 0. The zero-order chi connectivity index (χ0) is 13.8. The average Bonchev–Trinajstić information content (AvgIpc) is 2.65. The fourth-order valence-electron chi connectivity index (χ4n) is 2.42. The van der Waals surface area contributed by atoms with E-state index in [2.05, 4.69) is 50.1 Å². The lowest BCUT2D eigenvalue weighted by atomic mass is 10.1. The number of likely N-dealkylation sites (N-methyl/N-ethyl adjacent to an activating group) is 1. The molecule has 0 unspecified atom stereocenters. The predicted molar refractivity (Wildman–Crippen MR) is 81.0 cm³/mol. The maximum atomic E-state index is 5.78. The molecular formula is C16H24N2O. The zero-order valence-corrected chi connectivity index (χ0v) is 12.3. The van der Waals surface area contributed by atoms with E-state index in [1.54, 1.807) is 0 Å². The van der Waals surface area contributed by atoms with Crippen molar-refractivity contribution in [3.05, 3.63) is 29.5 Å². The third kappa shape index (κ3) is 3.29. The monoisotopic (exact) mass is 260 g/mol. The van der Waals surface area contributed by atoms with Crippen molar-refractivity contribution in [2.24, 2.45) is 0 Å². The summed E-state index contributed by atoms with van der Waals surface area (Å²) < 4.78 is 5.78. The van der Waals surface area contributed by atoms with Crippen molar-refractivity contribution in [1.82, 2.24) is 10.3 Å². The summed E-state index contributed by atoms with van der Waals surface area (Å²) in [5, 5.41) is 4.67. The van der Waals surface area contributed by atoms with Gasteiger partial charge in [-0.3, -0.25) is 0 Å². The first-order valence-corrected chi connectivity index (χ1v) is 7.10. The summed E-state index contributed by atoms with van der Waals surface area (Å²) >= 11 is 0. The van der Waals surface area contributed by atoms with E-state index in [-0.39, 0.29) is 6.10 Å². The van der Waals surface area contributed by atoms with Gasteiger partial charge in [0.25, 0.3) is 0 Å². The van der Waals surface area contributed by atoms with E-state index >= 15 is 0 Å². The Morgan fingerprint density at radius 2 is 2.11 bits per heavy atom. The van der Waals surface area contributed by atoms with E-state index in [1.807, 2.05) is 6.07 Å². The Morgan fingerprint density at radius 1 is 1.32 bits per heavy atom. The van der Waals surface area contributed by atoms with Gasteiger partial charge in [0.05, 0.1) is 6.10 Å². The Bertz CT molecular complexity index is 543. The molecule has 2 rings (SSSR count). The molecule has 0 radical (unpaired) electrons. The number of ether oxygens (including phenoxy) is 1. The number of hydrogen-bond donors (Lipinski definition) is 2. The van der Waals surface area contributed by atoms with Crippen LogP contribution in [0.15, 0.2) is 18.2 Å². The second kappa shape index (κ2) is 6.11. The first-order valence-electron chi connectivity index (χ1n) is 7.10. The van der Waals surface area contributed by atoms with Gasteiger partial charge in [0, 0.05) is 16.6 Å². The van der Waals surface area contributed by atoms with Gasteiger partial charge >= 0.3 is 0 Å². The minimum atomic E-state index is 0.211. The molecule has 1 heterocycles. The number of aromatic nitrogens is 1. The van der Waals surface area contributed by atoms with Crippen molar-refractivity contribution in [3.63, 3.8) is 0 Å². The molecule has 19 heavy (non-hydrogen) atoms. The van der Waals surface area contributed by atoms with Crippen molar-refractivity contribution in [2.75, 3.05) is 13.1 Å². The van der Waals surface area contributed by atoms with Gasteiger partial charge in [0.1, 0.15) is 5.75 Å². The van der Waals surface area contributed by atoms with Crippen LogP contribution in [0.4, 0.5) is 0 Å². The molecule has 2 N–H and O–H groups in total. The van der Waals surface area contributed by atoms with Gasteiger partial charge in [-0.2, -0.15) is 0 Å². The number of aromatic amines is 1. The van der Waals surface area contributed by atoms with Crippen LogP contribution in [0.1, 0.15) is 32.0 Å². The van der Waals surface area contributed by atoms with Crippen LogP contribution in [0, 0.1) is 6.92 Å². The largest absolute Gasteiger partial charge is 0.491 e. The summed E-state index contributed by atoms with van der Waals surface area (Å²) in [6.45, 7) is 10.4. The standard InChI is InChI=1S/C16H24N2O/c1-5-17-9-8-14-12(4)18-16-7-6-13(10-15(14)16)19-11(2)3/h6-7,10-11,17-18H,5,8-9H2,1-4H3. The first kappa shape index (κ1) is 13.9. The van der Waals surface area contributed by atoms with Crippen molar-refractivity contribution in [1.29, 1.82) is 0 Å². The quantitative estimate of drug-likeness (QED) is 0.781. The molecule has 0 saturated carbocycles. The summed E-state index contributed by atoms with van der Waals surface area (Å²) in [6, 6.07) is 6.29. The molecule has 0 atom stereocenters. The number of H-pyrrole nitrogens is 1. The van der Waals surface area contributed by atoms with Crippen LogP contribution in [0.5, 0.6) is 5.75 Å². The molecule has 0 bridgehead atoms. The van der Waals surface area contributed by atoms with E-state index in [4.69, 9.17) is 4.74 Å². The number of rotatable bonds is 6. The van der Waals surface area contributed by atoms with Crippen LogP contribution >= 0.6 is 0 Å². The van der Waals surface area contributed by atoms with Gasteiger partial charge in [-0.05, 0) is 64.0 Å². The second-order valence-corrected chi connectivity index (χ2v) is 5.21. The highest BCUT2D eigenvalue weighted by Gasteiger charge is 2.09. The topological polar surface area (TPSA) is 37.0 Å². The number of aryl methyl sites for hydroxylation is 1. The van der Waals surface area contributed by atoms with Crippen LogP contribution in [0.25, 0.3) is 10.9 Å². The van der Waals surface area contributed by atoms with Crippen LogP contribution in [0.2, 0.25) is 0 Å². The molecule has 2 aromatic rings. The molecule has 0 saturated heterocycles. The molecule has 1 aromatic carbocycles. The number of benzene rings is 1. The molecule has 3 heteroatoms. The Morgan fingerprint density at radius 3 is 2.79 bits per heavy atom. The maximum Gasteiger partial charge on any atom is 0.120 e. The minimum absolute atomic E-state index is 0.211. The van der Waals surface area contributed by atoms with Crippen molar-refractivity contribution >= 4 is 10.9 Å². The van der Waals surface area contributed by atoms with Crippen molar-refractivity contribution < 1.29 is 4.74 Å². The summed E-state index contributed by atoms with van der Waals surface area (Å²) in [4.78, 5) is 3.45. The molecule has 0 spiro atoms. The van der Waals surface area contributed by atoms with Gasteiger partial charge in [-0.1, -0.05) is 6.92 Å². The van der Waals surface area contributed by atoms with Gasteiger partial charge in [0.15, 0.2) is 0 Å². The summed E-state index contributed by atoms with van der Waals surface area (Å²) in [5.41, 5.74) is 3.85. The lowest BCUT2D eigenvalue weighted by molar-refractivity contribution is 0.243. The lowest BCUT2D eigenvalue weighted by Crippen LogP contribution is -2.16. The minimum Gasteiger partial charge on any atom is -0.491 e. The van der Waals surface area contributed by atoms with Crippen LogP contribution in [-0.2, 0) is 6.42 Å². The van der Waals surface area contributed by atoms with Gasteiger partial charge in [0.2, 0.25) is 0 Å². The molecule has 0 aliphatic rings. The molecule has 0 fully saturated rings.